The quantitative estimate of drug-likeness (QED) is 0.531. The fourth-order valence-corrected chi connectivity index (χ4v) is 3.99. The highest BCUT2D eigenvalue weighted by Gasteiger charge is 2.39. The van der Waals surface area contributed by atoms with Crippen molar-refractivity contribution in [3.63, 3.8) is 0 Å². The zero-order valence-electron chi connectivity index (χ0n) is 17.0. The molecule has 0 bridgehead atoms. The highest BCUT2D eigenvalue weighted by Crippen LogP contribution is 2.23. The fourth-order valence-electron chi connectivity index (χ4n) is 2.91. The van der Waals surface area contributed by atoms with E-state index in [0.29, 0.717) is 5.02 Å². The van der Waals surface area contributed by atoms with Crippen molar-refractivity contribution >= 4 is 45.1 Å². The van der Waals surface area contributed by atoms with Crippen LogP contribution in [0.2, 0.25) is 5.02 Å². The largest absolute Gasteiger partial charge is 0.474 e. The number of hydrogen-bond donors (Lipinski definition) is 1. The number of benzene rings is 2. The predicted octanol–water partition coefficient (Wildman–Crippen LogP) is 2.74. The van der Waals surface area contributed by atoms with Crippen LogP contribution >= 0.6 is 11.6 Å². The molecule has 3 aromatic rings. The summed E-state index contributed by atoms with van der Waals surface area (Å²) in [5.74, 6) is -1.12. The van der Waals surface area contributed by atoms with Crippen LogP contribution in [0, 0.1) is 0 Å². The molecule has 1 aliphatic heterocycles. The Morgan fingerprint density at radius 3 is 2.33 bits per heavy atom. The molecule has 0 aliphatic carbocycles. The lowest BCUT2D eigenvalue weighted by atomic mass is 10.2. The summed E-state index contributed by atoms with van der Waals surface area (Å²) in [6.45, 7) is 1.56. The molecule has 0 saturated heterocycles. The van der Waals surface area contributed by atoms with Gasteiger partial charge in [-0.25, -0.2) is 23.1 Å². The summed E-state index contributed by atoms with van der Waals surface area (Å²) in [5, 5.41) is 5.22. The van der Waals surface area contributed by atoms with Gasteiger partial charge in [-0.1, -0.05) is 11.6 Å². The van der Waals surface area contributed by atoms with Crippen molar-refractivity contribution in [1.29, 1.82) is 0 Å². The first-order valence-electron chi connectivity index (χ1n) is 9.50. The van der Waals surface area contributed by atoms with Crippen LogP contribution in [0.1, 0.15) is 17.3 Å². The van der Waals surface area contributed by atoms with Crippen LogP contribution in [0.25, 0.3) is 0 Å². The van der Waals surface area contributed by atoms with E-state index >= 15 is 0 Å². The van der Waals surface area contributed by atoms with Gasteiger partial charge in [0, 0.05) is 23.0 Å². The van der Waals surface area contributed by atoms with E-state index in [-0.39, 0.29) is 27.9 Å². The van der Waals surface area contributed by atoms with Crippen LogP contribution in [-0.2, 0) is 14.8 Å². The number of ether oxygens (including phenoxy) is 1. The number of aromatic nitrogens is 2. The molecule has 168 valence electrons. The summed E-state index contributed by atoms with van der Waals surface area (Å²) in [4.78, 5) is 33.0. The number of hydrazone groups is 1. The number of nitrogens with zero attached hydrogens (tertiary/aromatic N) is 4. The average Bonchev–Trinajstić information content (AvgIpc) is 3.08. The van der Waals surface area contributed by atoms with Crippen molar-refractivity contribution < 1.29 is 22.7 Å². The van der Waals surface area contributed by atoms with Crippen LogP contribution in [0.15, 0.2) is 77.0 Å². The van der Waals surface area contributed by atoms with E-state index in [1.165, 1.54) is 60.9 Å². The molecule has 0 spiro atoms. The van der Waals surface area contributed by atoms with Crippen molar-refractivity contribution in [3.05, 3.63) is 77.6 Å². The van der Waals surface area contributed by atoms with Crippen LogP contribution in [0.4, 0.5) is 5.95 Å². The summed E-state index contributed by atoms with van der Waals surface area (Å²) in [5.41, 5.74) is 0.524. The molecule has 33 heavy (non-hydrogen) atoms. The minimum atomic E-state index is -3.92. The Hall–Kier alpha value is -3.83. The molecule has 1 unspecified atom stereocenters. The number of carbonyl (C=O) groups excluding carboxylic acids is 2. The van der Waals surface area contributed by atoms with E-state index < -0.39 is 27.9 Å². The Bertz CT molecular complexity index is 1330. The zero-order valence-corrected chi connectivity index (χ0v) is 18.6. The highest BCUT2D eigenvalue weighted by atomic mass is 35.5. The van der Waals surface area contributed by atoms with Crippen molar-refractivity contribution in [1.82, 2.24) is 15.0 Å². The van der Waals surface area contributed by atoms with Gasteiger partial charge in [-0.3, -0.25) is 9.59 Å². The Kier molecular flexibility index (Phi) is 6.07. The molecule has 4 rings (SSSR count). The summed E-state index contributed by atoms with van der Waals surface area (Å²) in [6.07, 6.45) is 1.69. The summed E-state index contributed by atoms with van der Waals surface area (Å²) >= 11 is 5.83. The second-order valence-electron chi connectivity index (χ2n) is 6.85. The maximum absolute atomic E-state index is 12.8. The molecule has 0 fully saturated rings. The second kappa shape index (κ2) is 8.96. The maximum Gasteiger partial charge on any atom is 0.297 e. The molecule has 1 atom stereocenters. The van der Waals surface area contributed by atoms with E-state index in [9.17, 15) is 18.0 Å². The number of amides is 2. The maximum atomic E-state index is 12.8. The summed E-state index contributed by atoms with van der Waals surface area (Å²) < 4.78 is 32.9. The number of carbonyl (C=O) groups is 2. The van der Waals surface area contributed by atoms with Gasteiger partial charge in [0.25, 0.3) is 21.8 Å². The van der Waals surface area contributed by atoms with Crippen molar-refractivity contribution in [2.24, 2.45) is 5.10 Å². The number of rotatable bonds is 6. The van der Waals surface area contributed by atoms with Crippen LogP contribution in [0.5, 0.6) is 5.75 Å². The Balaban J connectivity index is 1.46. The molecule has 12 heteroatoms. The normalized spacial score (nSPS) is 15.8. The molecule has 2 heterocycles. The first kappa shape index (κ1) is 22.4. The van der Waals surface area contributed by atoms with Gasteiger partial charge in [0.15, 0.2) is 0 Å². The standard InChI is InChI=1S/C21H16ClN5O5S/c1-13-18(20(29)27(25-13)19(28)14-3-5-15(22)6-4-14)32-16-7-9-17(10-8-16)33(30,31)26-21-23-11-2-12-24-21/h2-12,18H,1H3,(H,23,24,26). The third-order valence-electron chi connectivity index (χ3n) is 4.53. The molecular weight excluding hydrogens is 470 g/mol. The fraction of sp³-hybridized carbons (Fsp3) is 0.0952. The summed E-state index contributed by atoms with van der Waals surface area (Å²) in [6, 6.07) is 13.0. The molecule has 1 aliphatic rings. The van der Waals surface area contributed by atoms with E-state index in [2.05, 4.69) is 19.8 Å². The molecule has 2 amide bonds. The second-order valence-corrected chi connectivity index (χ2v) is 8.97. The van der Waals surface area contributed by atoms with Gasteiger partial charge >= 0.3 is 0 Å². The smallest absolute Gasteiger partial charge is 0.297 e. The number of nitrogens with one attached hydrogen (secondary N) is 1. The zero-order chi connectivity index (χ0) is 23.6. The van der Waals surface area contributed by atoms with Gasteiger partial charge in [0.2, 0.25) is 12.1 Å². The third-order valence-corrected chi connectivity index (χ3v) is 6.13. The van der Waals surface area contributed by atoms with E-state index in [0.717, 1.165) is 5.01 Å². The Morgan fingerprint density at radius 2 is 1.70 bits per heavy atom. The van der Waals surface area contributed by atoms with Gasteiger partial charge in [-0.05, 0) is 61.5 Å². The van der Waals surface area contributed by atoms with E-state index in [4.69, 9.17) is 16.3 Å². The lowest BCUT2D eigenvalue weighted by Crippen LogP contribution is -2.38. The number of hydrogen-bond acceptors (Lipinski definition) is 8. The van der Waals surface area contributed by atoms with Crippen molar-refractivity contribution in [2.75, 3.05) is 4.72 Å². The lowest BCUT2D eigenvalue weighted by molar-refractivity contribution is -0.131. The lowest BCUT2D eigenvalue weighted by Gasteiger charge is -2.15. The number of halogens is 1. The number of anilines is 1. The van der Waals surface area contributed by atoms with E-state index in [1.807, 2.05) is 0 Å². The van der Waals surface area contributed by atoms with Crippen molar-refractivity contribution in [2.45, 2.75) is 17.9 Å². The van der Waals surface area contributed by atoms with Gasteiger partial charge < -0.3 is 4.74 Å². The average molecular weight is 486 g/mol. The molecule has 2 aromatic carbocycles. The van der Waals surface area contributed by atoms with Crippen LogP contribution < -0.4 is 9.46 Å². The SMILES string of the molecule is CC1=NN(C(=O)c2ccc(Cl)cc2)C(=O)C1Oc1ccc(S(=O)(=O)Nc2ncccn2)cc1. The topological polar surface area (TPSA) is 131 Å². The minimum absolute atomic E-state index is 0.0509. The van der Waals surface area contributed by atoms with Gasteiger partial charge in [-0.15, -0.1) is 0 Å². The van der Waals surface area contributed by atoms with Crippen molar-refractivity contribution in [3.8, 4) is 5.75 Å². The Morgan fingerprint density at radius 1 is 1.06 bits per heavy atom. The molecule has 0 radical (unpaired) electrons. The van der Waals surface area contributed by atoms with Gasteiger partial charge in [0.1, 0.15) is 5.75 Å². The number of sulfonamides is 1. The van der Waals surface area contributed by atoms with Gasteiger partial charge in [0.05, 0.1) is 10.6 Å². The molecular formula is C21H16ClN5O5S. The molecule has 1 aromatic heterocycles. The highest BCUT2D eigenvalue weighted by molar-refractivity contribution is 7.92. The third kappa shape index (κ3) is 4.83. The first-order chi connectivity index (χ1) is 15.7. The summed E-state index contributed by atoms with van der Waals surface area (Å²) in [7, 11) is -3.92. The predicted molar refractivity (Wildman–Crippen MR) is 119 cm³/mol. The number of imide groups is 1. The van der Waals surface area contributed by atoms with Crippen LogP contribution in [-0.4, -0.2) is 47.0 Å². The molecule has 10 nitrogen and oxygen atoms in total. The van der Waals surface area contributed by atoms with E-state index in [1.54, 1.807) is 13.0 Å². The molecule has 1 N–H and O–H groups in total. The van der Waals surface area contributed by atoms with Gasteiger partial charge in [-0.2, -0.15) is 10.1 Å². The monoisotopic (exact) mass is 485 g/mol. The first-order valence-corrected chi connectivity index (χ1v) is 11.4. The minimum Gasteiger partial charge on any atom is -0.474 e. The molecule has 0 saturated carbocycles. The van der Waals surface area contributed by atoms with Crippen LogP contribution in [0.3, 0.4) is 0 Å². The Labute approximate surface area is 193 Å².